The molecule has 9 nitrogen and oxygen atoms in total. The largest absolute Gasteiger partial charge is 0.464 e. The number of hydrogen-bond donors (Lipinski definition) is 1. The van der Waals surface area contributed by atoms with Crippen LogP contribution in [0.15, 0.2) is 29.2 Å². The molecular formula is C17H19FN4O5S. The van der Waals surface area contributed by atoms with Gasteiger partial charge in [-0.05, 0) is 36.8 Å². The van der Waals surface area contributed by atoms with E-state index in [1.54, 1.807) is 4.68 Å². The van der Waals surface area contributed by atoms with Gasteiger partial charge < -0.3 is 9.64 Å². The van der Waals surface area contributed by atoms with Crippen molar-refractivity contribution in [3.8, 4) is 0 Å². The Balaban J connectivity index is 1.65. The molecule has 1 amide bonds. The van der Waals surface area contributed by atoms with Gasteiger partial charge in [0.05, 0.1) is 37.3 Å². The van der Waals surface area contributed by atoms with Crippen LogP contribution in [0.1, 0.15) is 21.7 Å². The predicted molar refractivity (Wildman–Crippen MR) is 95.3 cm³/mol. The first-order valence-corrected chi connectivity index (χ1v) is 9.88. The second-order valence-corrected chi connectivity index (χ2v) is 8.02. The van der Waals surface area contributed by atoms with Crippen LogP contribution in [0.25, 0.3) is 0 Å². The number of nitrogens with zero attached hydrogens (tertiary/aromatic N) is 3. The van der Waals surface area contributed by atoms with Crippen molar-refractivity contribution >= 4 is 21.9 Å². The van der Waals surface area contributed by atoms with Crippen molar-refractivity contribution in [2.24, 2.45) is 0 Å². The van der Waals surface area contributed by atoms with E-state index in [-0.39, 0.29) is 22.7 Å². The van der Waals surface area contributed by atoms with Crippen molar-refractivity contribution in [1.29, 1.82) is 0 Å². The highest BCUT2D eigenvalue weighted by Crippen LogP contribution is 2.17. The molecule has 1 aliphatic rings. The van der Waals surface area contributed by atoms with Gasteiger partial charge in [0, 0.05) is 6.54 Å². The second kappa shape index (κ2) is 7.68. The molecule has 150 valence electrons. The van der Waals surface area contributed by atoms with Crippen LogP contribution in [0, 0.1) is 12.7 Å². The van der Waals surface area contributed by atoms with E-state index in [0.29, 0.717) is 18.8 Å². The zero-order chi connectivity index (χ0) is 20.5. The maximum Gasteiger partial charge on any atom is 0.358 e. The molecule has 0 bridgehead atoms. The number of sulfonamides is 1. The molecule has 3 rings (SSSR count). The topological polar surface area (TPSA) is 111 Å². The monoisotopic (exact) mass is 410 g/mol. The number of ether oxygens (including phenoxy) is 1. The highest BCUT2D eigenvalue weighted by Gasteiger charge is 2.26. The van der Waals surface area contributed by atoms with Gasteiger partial charge >= 0.3 is 5.97 Å². The zero-order valence-electron chi connectivity index (χ0n) is 15.3. The maximum absolute atomic E-state index is 13.2. The maximum atomic E-state index is 13.2. The third kappa shape index (κ3) is 4.04. The summed E-state index contributed by atoms with van der Waals surface area (Å²) in [4.78, 5) is 25.4. The van der Waals surface area contributed by atoms with E-state index in [2.05, 4.69) is 14.6 Å². The fourth-order valence-electron chi connectivity index (χ4n) is 2.94. The average molecular weight is 410 g/mol. The highest BCUT2D eigenvalue weighted by molar-refractivity contribution is 7.89. The fourth-order valence-corrected chi connectivity index (χ4v) is 4.14. The second-order valence-electron chi connectivity index (χ2n) is 6.29. The summed E-state index contributed by atoms with van der Waals surface area (Å²) in [6, 6.07) is 4.86. The van der Waals surface area contributed by atoms with Gasteiger partial charge in [0.2, 0.25) is 15.9 Å². The highest BCUT2D eigenvalue weighted by atomic mass is 32.2. The number of aromatic nitrogens is 2. The molecule has 1 N–H and O–H groups in total. The summed E-state index contributed by atoms with van der Waals surface area (Å²) >= 11 is 0. The van der Waals surface area contributed by atoms with Gasteiger partial charge in [0.1, 0.15) is 5.82 Å². The molecular weight excluding hydrogens is 391 g/mol. The lowest BCUT2D eigenvalue weighted by Gasteiger charge is -2.27. The number of halogens is 1. The van der Waals surface area contributed by atoms with Gasteiger partial charge in [0.25, 0.3) is 0 Å². The SMILES string of the molecule is COC(=O)c1cc2n(n1)CCN(C(=O)CNS(=O)(=O)c1ccc(F)cc1C)C2. The number of nitrogens with one attached hydrogen (secondary N) is 1. The molecule has 0 saturated carbocycles. The van der Waals surface area contributed by atoms with Gasteiger partial charge in [-0.3, -0.25) is 9.48 Å². The molecule has 2 aromatic rings. The number of hydrogen-bond acceptors (Lipinski definition) is 6. The Bertz CT molecular complexity index is 1030. The Kier molecular flexibility index (Phi) is 5.47. The Morgan fingerprint density at radius 1 is 1.29 bits per heavy atom. The number of carbonyl (C=O) groups excluding carboxylic acids is 2. The van der Waals surface area contributed by atoms with E-state index in [9.17, 15) is 22.4 Å². The molecule has 0 unspecified atom stereocenters. The molecule has 0 atom stereocenters. The number of amides is 1. The molecule has 11 heteroatoms. The number of fused-ring (bicyclic) bond motifs is 1. The molecule has 0 aliphatic carbocycles. The van der Waals surface area contributed by atoms with E-state index >= 15 is 0 Å². The number of rotatable bonds is 5. The lowest BCUT2D eigenvalue weighted by Crippen LogP contribution is -2.43. The van der Waals surface area contributed by atoms with Crippen LogP contribution in [0.2, 0.25) is 0 Å². The Hall–Kier alpha value is -2.79. The van der Waals surface area contributed by atoms with Gasteiger partial charge in [-0.15, -0.1) is 0 Å². The van der Waals surface area contributed by atoms with E-state index in [0.717, 1.165) is 18.2 Å². The summed E-state index contributed by atoms with van der Waals surface area (Å²) in [5.74, 6) is -1.53. The van der Waals surface area contributed by atoms with Gasteiger partial charge in [-0.2, -0.15) is 5.10 Å². The number of aryl methyl sites for hydroxylation is 1. The number of benzene rings is 1. The van der Waals surface area contributed by atoms with Crippen molar-refractivity contribution in [2.45, 2.75) is 24.9 Å². The van der Waals surface area contributed by atoms with Crippen LogP contribution in [-0.4, -0.2) is 55.2 Å². The first-order chi connectivity index (χ1) is 13.2. The number of methoxy groups -OCH3 is 1. The fraction of sp³-hybridized carbons (Fsp3) is 0.353. The van der Waals surface area contributed by atoms with Crippen LogP contribution in [0.3, 0.4) is 0 Å². The van der Waals surface area contributed by atoms with Crippen molar-refractivity contribution in [3.63, 3.8) is 0 Å². The first-order valence-electron chi connectivity index (χ1n) is 8.40. The lowest BCUT2D eigenvalue weighted by atomic mass is 10.2. The van der Waals surface area contributed by atoms with E-state index in [4.69, 9.17) is 0 Å². The molecule has 28 heavy (non-hydrogen) atoms. The summed E-state index contributed by atoms with van der Waals surface area (Å²) in [5.41, 5.74) is 1.05. The number of carbonyl (C=O) groups is 2. The van der Waals surface area contributed by atoms with Crippen LogP contribution in [0.5, 0.6) is 0 Å². The van der Waals surface area contributed by atoms with Crippen LogP contribution in [-0.2, 0) is 32.6 Å². The van der Waals surface area contributed by atoms with Crippen molar-refractivity contribution in [1.82, 2.24) is 19.4 Å². The summed E-state index contributed by atoms with van der Waals surface area (Å²) in [6.07, 6.45) is 0. The Morgan fingerprint density at radius 3 is 2.71 bits per heavy atom. The van der Waals surface area contributed by atoms with Crippen molar-refractivity contribution in [2.75, 3.05) is 20.2 Å². The van der Waals surface area contributed by atoms with Crippen molar-refractivity contribution < 1.29 is 27.1 Å². The molecule has 1 aromatic heterocycles. The average Bonchev–Trinajstić information content (AvgIpc) is 3.08. The quantitative estimate of drug-likeness (QED) is 0.716. The molecule has 0 saturated heterocycles. The van der Waals surface area contributed by atoms with E-state index in [1.807, 2.05) is 0 Å². The van der Waals surface area contributed by atoms with Gasteiger partial charge in [-0.1, -0.05) is 0 Å². The summed E-state index contributed by atoms with van der Waals surface area (Å²) in [7, 11) is -2.70. The Morgan fingerprint density at radius 2 is 2.04 bits per heavy atom. The minimum Gasteiger partial charge on any atom is -0.464 e. The van der Waals surface area contributed by atoms with E-state index < -0.39 is 34.3 Å². The summed E-state index contributed by atoms with van der Waals surface area (Å²) in [6.45, 7) is 1.94. The first kappa shape index (κ1) is 20.0. The molecule has 1 aromatic carbocycles. The molecule has 1 aliphatic heterocycles. The van der Waals surface area contributed by atoms with Gasteiger partial charge in [-0.25, -0.2) is 22.3 Å². The summed E-state index contributed by atoms with van der Waals surface area (Å²) in [5, 5.41) is 4.12. The minimum atomic E-state index is -3.96. The predicted octanol–water partition coefficient (Wildman–Crippen LogP) is 0.438. The minimum absolute atomic E-state index is 0.0823. The Labute approximate surface area is 161 Å². The van der Waals surface area contributed by atoms with Crippen LogP contribution < -0.4 is 4.72 Å². The van der Waals surface area contributed by atoms with E-state index in [1.165, 1.54) is 25.0 Å². The summed E-state index contributed by atoms with van der Waals surface area (Å²) < 4.78 is 46.5. The van der Waals surface area contributed by atoms with Gasteiger partial charge in [0.15, 0.2) is 5.69 Å². The van der Waals surface area contributed by atoms with Crippen molar-refractivity contribution in [3.05, 3.63) is 47.0 Å². The lowest BCUT2D eigenvalue weighted by molar-refractivity contribution is -0.131. The van der Waals surface area contributed by atoms with Crippen LogP contribution in [0.4, 0.5) is 4.39 Å². The number of esters is 1. The molecule has 0 spiro atoms. The third-order valence-corrected chi connectivity index (χ3v) is 5.95. The smallest absolute Gasteiger partial charge is 0.358 e. The molecule has 2 heterocycles. The zero-order valence-corrected chi connectivity index (χ0v) is 16.1. The third-order valence-electron chi connectivity index (χ3n) is 4.39. The molecule has 0 fully saturated rings. The standard InChI is InChI=1S/C17H19FN4O5S/c1-11-7-12(18)3-4-15(11)28(25,26)19-9-16(23)21-5-6-22-13(10-21)8-14(20-22)17(24)27-2/h3-4,7-8,19H,5-6,9-10H2,1-2H3. The normalized spacial score (nSPS) is 13.9. The van der Waals surface area contributed by atoms with Crippen LogP contribution >= 0.6 is 0 Å². The molecule has 0 radical (unpaired) electrons.